The van der Waals surface area contributed by atoms with Crippen molar-refractivity contribution in [2.45, 2.75) is 45.6 Å². The first-order chi connectivity index (χ1) is 7.65. The Morgan fingerprint density at radius 1 is 1.31 bits per heavy atom. The van der Waals surface area contributed by atoms with E-state index in [-0.39, 0.29) is 0 Å². The molecule has 2 heteroatoms. The van der Waals surface area contributed by atoms with E-state index in [4.69, 9.17) is 0 Å². The second-order valence-corrected chi connectivity index (χ2v) is 5.11. The molecule has 0 amide bonds. The molecule has 2 atom stereocenters. The normalized spacial score (nSPS) is 25.4. The molecule has 1 fully saturated rings. The highest BCUT2D eigenvalue weighted by molar-refractivity contribution is 5.51. The van der Waals surface area contributed by atoms with E-state index in [0.717, 1.165) is 17.2 Å². The first kappa shape index (κ1) is 11.3. The summed E-state index contributed by atoms with van der Waals surface area (Å²) in [5.41, 5.74) is 1.98. The lowest BCUT2D eigenvalue weighted by Gasteiger charge is -2.28. The van der Waals surface area contributed by atoms with Crippen molar-refractivity contribution in [3.8, 4) is 5.75 Å². The lowest BCUT2D eigenvalue weighted by atomic mass is 9.87. The molecule has 0 bridgehead atoms. The summed E-state index contributed by atoms with van der Waals surface area (Å²) < 4.78 is 0. The van der Waals surface area contributed by atoms with Crippen molar-refractivity contribution in [2.24, 2.45) is 5.92 Å². The highest BCUT2D eigenvalue weighted by Gasteiger charge is 2.18. The number of anilines is 1. The number of phenolic OH excluding ortho intramolecular Hbond substituents is 1. The quantitative estimate of drug-likeness (QED) is 0.795. The molecule has 16 heavy (non-hydrogen) atoms. The van der Waals surface area contributed by atoms with E-state index in [1.807, 2.05) is 25.1 Å². The van der Waals surface area contributed by atoms with Crippen LogP contribution < -0.4 is 5.32 Å². The van der Waals surface area contributed by atoms with Gasteiger partial charge in [0, 0.05) is 17.8 Å². The number of hydrogen-bond acceptors (Lipinski definition) is 2. The van der Waals surface area contributed by atoms with Crippen LogP contribution in [0.5, 0.6) is 5.75 Å². The molecule has 2 unspecified atom stereocenters. The van der Waals surface area contributed by atoms with Gasteiger partial charge in [-0.3, -0.25) is 0 Å². The van der Waals surface area contributed by atoms with E-state index in [2.05, 4.69) is 12.2 Å². The Labute approximate surface area is 97.7 Å². The van der Waals surface area contributed by atoms with Gasteiger partial charge in [0.25, 0.3) is 0 Å². The fourth-order valence-electron chi connectivity index (χ4n) is 2.50. The fourth-order valence-corrected chi connectivity index (χ4v) is 2.50. The molecule has 2 nitrogen and oxygen atoms in total. The molecule has 1 aliphatic carbocycles. The molecule has 88 valence electrons. The van der Waals surface area contributed by atoms with E-state index in [0.29, 0.717) is 11.8 Å². The Kier molecular flexibility index (Phi) is 3.37. The molecule has 0 spiro atoms. The summed E-state index contributed by atoms with van der Waals surface area (Å²) in [7, 11) is 0. The van der Waals surface area contributed by atoms with Crippen LogP contribution >= 0.6 is 0 Å². The number of nitrogens with one attached hydrogen (secondary N) is 1. The van der Waals surface area contributed by atoms with Gasteiger partial charge in [0.2, 0.25) is 0 Å². The molecule has 1 aliphatic rings. The Hall–Kier alpha value is -1.18. The predicted molar refractivity (Wildman–Crippen MR) is 67.9 cm³/mol. The zero-order valence-electron chi connectivity index (χ0n) is 10.2. The second-order valence-electron chi connectivity index (χ2n) is 5.11. The Balaban J connectivity index is 2.00. The molecule has 0 saturated heterocycles. The Morgan fingerprint density at radius 3 is 2.81 bits per heavy atom. The number of aryl methyl sites for hydroxylation is 1. The summed E-state index contributed by atoms with van der Waals surface area (Å²) in [5, 5.41) is 13.2. The zero-order valence-corrected chi connectivity index (χ0v) is 10.2. The highest BCUT2D eigenvalue weighted by Crippen LogP contribution is 2.28. The Morgan fingerprint density at radius 2 is 2.12 bits per heavy atom. The summed E-state index contributed by atoms with van der Waals surface area (Å²) in [5.74, 6) is 1.21. The van der Waals surface area contributed by atoms with Crippen molar-refractivity contribution in [1.82, 2.24) is 0 Å². The molecule has 0 aromatic heterocycles. The molecule has 0 radical (unpaired) electrons. The fraction of sp³-hybridized carbons (Fsp3) is 0.571. The minimum Gasteiger partial charge on any atom is -0.508 e. The summed E-state index contributed by atoms with van der Waals surface area (Å²) in [4.78, 5) is 0. The molecular weight excluding hydrogens is 198 g/mol. The first-order valence-electron chi connectivity index (χ1n) is 6.21. The largest absolute Gasteiger partial charge is 0.508 e. The van der Waals surface area contributed by atoms with Crippen molar-refractivity contribution in [3.63, 3.8) is 0 Å². The molecule has 1 aromatic rings. The monoisotopic (exact) mass is 219 g/mol. The molecular formula is C14H21NO. The minimum absolute atomic E-state index is 0.383. The van der Waals surface area contributed by atoms with Crippen LogP contribution in [-0.2, 0) is 0 Å². The average molecular weight is 219 g/mol. The average Bonchev–Trinajstić information content (AvgIpc) is 2.24. The van der Waals surface area contributed by atoms with E-state index >= 15 is 0 Å². The van der Waals surface area contributed by atoms with Gasteiger partial charge in [-0.15, -0.1) is 0 Å². The highest BCUT2D eigenvalue weighted by atomic mass is 16.3. The summed E-state index contributed by atoms with van der Waals surface area (Å²) in [6.45, 7) is 4.24. The van der Waals surface area contributed by atoms with Crippen LogP contribution in [0.3, 0.4) is 0 Å². The molecule has 1 aromatic carbocycles. The van der Waals surface area contributed by atoms with Crippen LogP contribution in [-0.4, -0.2) is 11.1 Å². The van der Waals surface area contributed by atoms with Crippen LogP contribution in [0.15, 0.2) is 18.2 Å². The predicted octanol–water partition coefficient (Wildman–Crippen LogP) is 3.69. The van der Waals surface area contributed by atoms with Gasteiger partial charge < -0.3 is 10.4 Å². The number of phenols is 1. The third kappa shape index (κ3) is 2.69. The van der Waals surface area contributed by atoms with Gasteiger partial charge in [-0.25, -0.2) is 0 Å². The molecule has 2 N–H and O–H groups in total. The molecule has 2 rings (SSSR count). The van der Waals surface area contributed by atoms with Crippen molar-refractivity contribution in [1.29, 1.82) is 0 Å². The third-order valence-corrected chi connectivity index (χ3v) is 3.52. The second kappa shape index (κ2) is 4.77. The topological polar surface area (TPSA) is 32.3 Å². The lowest BCUT2D eigenvalue weighted by molar-refractivity contribution is 0.358. The summed E-state index contributed by atoms with van der Waals surface area (Å²) >= 11 is 0. The maximum absolute atomic E-state index is 9.64. The van der Waals surface area contributed by atoms with Crippen LogP contribution in [0.1, 0.15) is 38.2 Å². The first-order valence-corrected chi connectivity index (χ1v) is 6.21. The van der Waals surface area contributed by atoms with Crippen LogP contribution in [0.2, 0.25) is 0 Å². The molecule has 0 heterocycles. The van der Waals surface area contributed by atoms with Gasteiger partial charge in [0.15, 0.2) is 0 Å². The number of benzene rings is 1. The number of rotatable bonds is 2. The van der Waals surface area contributed by atoms with Crippen molar-refractivity contribution in [3.05, 3.63) is 23.8 Å². The van der Waals surface area contributed by atoms with Crippen molar-refractivity contribution in [2.75, 3.05) is 5.32 Å². The Bertz CT molecular complexity index is 362. The number of aromatic hydroxyl groups is 1. The van der Waals surface area contributed by atoms with Crippen LogP contribution in [0, 0.1) is 12.8 Å². The SMILES string of the molecule is Cc1ccc(NC2CCCC(C)C2)cc1O. The van der Waals surface area contributed by atoms with E-state index < -0.39 is 0 Å². The van der Waals surface area contributed by atoms with E-state index in [1.165, 1.54) is 25.7 Å². The van der Waals surface area contributed by atoms with Gasteiger partial charge in [0.05, 0.1) is 0 Å². The van der Waals surface area contributed by atoms with Gasteiger partial charge >= 0.3 is 0 Å². The molecule has 1 saturated carbocycles. The third-order valence-electron chi connectivity index (χ3n) is 3.52. The smallest absolute Gasteiger partial charge is 0.120 e. The standard InChI is InChI=1S/C14H21NO/c1-10-4-3-5-12(8-10)15-13-7-6-11(2)14(16)9-13/h6-7,9-10,12,15-16H,3-5,8H2,1-2H3. The maximum Gasteiger partial charge on any atom is 0.120 e. The van der Waals surface area contributed by atoms with Gasteiger partial charge in [-0.05, 0) is 37.3 Å². The minimum atomic E-state index is 0.383. The van der Waals surface area contributed by atoms with Gasteiger partial charge in [-0.1, -0.05) is 25.8 Å². The van der Waals surface area contributed by atoms with E-state index in [1.54, 1.807) is 0 Å². The molecule has 0 aliphatic heterocycles. The summed E-state index contributed by atoms with van der Waals surface area (Å²) in [6.07, 6.45) is 5.17. The number of hydrogen-bond donors (Lipinski definition) is 2. The lowest BCUT2D eigenvalue weighted by Crippen LogP contribution is -2.26. The van der Waals surface area contributed by atoms with Crippen molar-refractivity contribution < 1.29 is 5.11 Å². The zero-order chi connectivity index (χ0) is 11.5. The van der Waals surface area contributed by atoms with E-state index in [9.17, 15) is 5.11 Å². The van der Waals surface area contributed by atoms with Crippen molar-refractivity contribution >= 4 is 5.69 Å². The van der Waals surface area contributed by atoms with Gasteiger partial charge in [0.1, 0.15) is 5.75 Å². The maximum atomic E-state index is 9.64. The van der Waals surface area contributed by atoms with Crippen LogP contribution in [0.4, 0.5) is 5.69 Å². The summed E-state index contributed by atoms with van der Waals surface area (Å²) in [6, 6.07) is 6.41. The van der Waals surface area contributed by atoms with Crippen LogP contribution in [0.25, 0.3) is 0 Å². The van der Waals surface area contributed by atoms with Gasteiger partial charge in [-0.2, -0.15) is 0 Å².